The number of aryl methyl sites for hydroxylation is 1. The number of nitrogens with one attached hydrogen (secondary N) is 1. The molecule has 90 valence electrons. The maximum Gasteiger partial charge on any atom is 0.275 e. The zero-order valence-corrected chi connectivity index (χ0v) is 10.1. The predicted molar refractivity (Wildman–Crippen MR) is 71.3 cm³/mol. The summed E-state index contributed by atoms with van der Waals surface area (Å²) in [6, 6.07) is 5.75. The van der Waals surface area contributed by atoms with Crippen LogP contribution in [-0.4, -0.2) is 15.9 Å². The Labute approximate surface area is 105 Å². The van der Waals surface area contributed by atoms with Crippen LogP contribution in [0.5, 0.6) is 0 Å². The smallest absolute Gasteiger partial charge is 0.275 e. The van der Waals surface area contributed by atoms with Crippen LogP contribution >= 0.6 is 0 Å². The van der Waals surface area contributed by atoms with Crippen molar-refractivity contribution in [3.05, 3.63) is 60.2 Å². The second-order valence-electron chi connectivity index (χ2n) is 3.79. The van der Waals surface area contributed by atoms with Gasteiger partial charge in [0.05, 0.1) is 11.9 Å². The van der Waals surface area contributed by atoms with Crippen LogP contribution in [0.4, 0.5) is 5.69 Å². The fourth-order valence-electron chi connectivity index (χ4n) is 1.63. The van der Waals surface area contributed by atoms with E-state index in [1.54, 1.807) is 6.08 Å². The van der Waals surface area contributed by atoms with Gasteiger partial charge in [0.1, 0.15) is 5.69 Å². The average Bonchev–Trinajstić information content (AvgIpc) is 2.42. The highest BCUT2D eigenvalue weighted by Gasteiger charge is 2.10. The molecule has 1 aromatic carbocycles. The molecule has 1 amide bonds. The Morgan fingerprint density at radius 3 is 2.89 bits per heavy atom. The Morgan fingerprint density at radius 2 is 2.22 bits per heavy atom. The summed E-state index contributed by atoms with van der Waals surface area (Å²) in [5.74, 6) is -0.277. The maximum atomic E-state index is 12.0. The molecule has 0 saturated carbocycles. The standard InChI is InChI=1S/C14H13N3O/c1-3-11-6-4-5-10(2)13(11)17-14(18)12-9-15-7-8-16-12/h3-9H,1H2,2H3,(H,17,18). The molecule has 2 rings (SSSR count). The molecule has 4 nitrogen and oxygen atoms in total. The van der Waals surface area contributed by atoms with Gasteiger partial charge >= 0.3 is 0 Å². The van der Waals surface area contributed by atoms with Gasteiger partial charge in [0, 0.05) is 12.4 Å². The van der Waals surface area contributed by atoms with E-state index in [1.165, 1.54) is 18.6 Å². The summed E-state index contributed by atoms with van der Waals surface area (Å²) in [6.45, 7) is 5.66. The molecule has 0 spiro atoms. The first-order valence-electron chi connectivity index (χ1n) is 5.52. The van der Waals surface area contributed by atoms with E-state index in [4.69, 9.17) is 0 Å². The molecule has 4 heteroatoms. The predicted octanol–water partition coefficient (Wildman–Crippen LogP) is 2.68. The molecule has 0 fully saturated rings. The Hall–Kier alpha value is -2.49. The number of anilines is 1. The van der Waals surface area contributed by atoms with E-state index in [-0.39, 0.29) is 11.6 Å². The van der Waals surface area contributed by atoms with Crippen molar-refractivity contribution in [1.82, 2.24) is 9.97 Å². The van der Waals surface area contributed by atoms with Crippen molar-refractivity contribution in [2.45, 2.75) is 6.92 Å². The highest BCUT2D eigenvalue weighted by atomic mass is 16.1. The third-order valence-electron chi connectivity index (χ3n) is 2.56. The normalized spacial score (nSPS) is 9.83. The molecular weight excluding hydrogens is 226 g/mol. The van der Waals surface area contributed by atoms with Gasteiger partial charge in [-0.2, -0.15) is 0 Å². The van der Waals surface area contributed by atoms with Crippen LogP contribution in [0.15, 0.2) is 43.4 Å². The zero-order chi connectivity index (χ0) is 13.0. The van der Waals surface area contributed by atoms with Gasteiger partial charge in [0.25, 0.3) is 5.91 Å². The summed E-state index contributed by atoms with van der Waals surface area (Å²) < 4.78 is 0. The number of benzene rings is 1. The second kappa shape index (κ2) is 5.23. The summed E-state index contributed by atoms with van der Waals surface area (Å²) in [4.78, 5) is 19.8. The zero-order valence-electron chi connectivity index (χ0n) is 10.1. The van der Waals surface area contributed by atoms with E-state index in [1.807, 2.05) is 25.1 Å². The molecule has 0 aliphatic carbocycles. The lowest BCUT2D eigenvalue weighted by atomic mass is 10.1. The lowest BCUT2D eigenvalue weighted by molar-refractivity contribution is 0.102. The van der Waals surface area contributed by atoms with Gasteiger partial charge < -0.3 is 5.32 Å². The molecule has 0 radical (unpaired) electrons. The van der Waals surface area contributed by atoms with Gasteiger partial charge in [-0.05, 0) is 18.1 Å². The van der Waals surface area contributed by atoms with Crippen LogP contribution in [0.1, 0.15) is 21.6 Å². The highest BCUT2D eigenvalue weighted by Crippen LogP contribution is 2.21. The summed E-state index contributed by atoms with van der Waals surface area (Å²) in [5, 5.41) is 2.83. The lowest BCUT2D eigenvalue weighted by Crippen LogP contribution is -2.15. The summed E-state index contributed by atoms with van der Waals surface area (Å²) in [5.41, 5.74) is 2.90. The van der Waals surface area contributed by atoms with E-state index < -0.39 is 0 Å². The number of amides is 1. The number of carbonyl (C=O) groups excluding carboxylic acids is 1. The molecule has 0 saturated heterocycles. The largest absolute Gasteiger partial charge is 0.320 e. The van der Waals surface area contributed by atoms with Crippen LogP contribution in [0.25, 0.3) is 6.08 Å². The van der Waals surface area contributed by atoms with Crippen LogP contribution in [-0.2, 0) is 0 Å². The number of para-hydroxylation sites is 1. The van der Waals surface area contributed by atoms with Crippen LogP contribution < -0.4 is 5.32 Å². The molecule has 2 aromatic rings. The Kier molecular flexibility index (Phi) is 3.48. The Bertz CT molecular complexity index is 579. The molecule has 0 aliphatic rings. The van der Waals surface area contributed by atoms with Gasteiger partial charge in [0.15, 0.2) is 0 Å². The number of nitrogens with zero attached hydrogens (tertiary/aromatic N) is 2. The number of carbonyl (C=O) groups is 1. The first-order valence-corrected chi connectivity index (χ1v) is 5.52. The van der Waals surface area contributed by atoms with Crippen LogP contribution in [0.3, 0.4) is 0 Å². The molecule has 0 aliphatic heterocycles. The molecule has 1 N–H and O–H groups in total. The quantitative estimate of drug-likeness (QED) is 0.895. The van der Waals surface area contributed by atoms with E-state index in [9.17, 15) is 4.79 Å². The topological polar surface area (TPSA) is 54.9 Å². The monoisotopic (exact) mass is 239 g/mol. The van der Waals surface area contributed by atoms with Crippen LogP contribution in [0, 0.1) is 6.92 Å². The fourth-order valence-corrected chi connectivity index (χ4v) is 1.63. The minimum absolute atomic E-state index is 0.277. The molecule has 0 bridgehead atoms. The van der Waals surface area contributed by atoms with Crippen molar-refractivity contribution in [2.24, 2.45) is 0 Å². The summed E-state index contributed by atoms with van der Waals surface area (Å²) >= 11 is 0. The van der Waals surface area contributed by atoms with Gasteiger partial charge in [-0.1, -0.05) is 30.9 Å². The molecule has 0 atom stereocenters. The molecule has 18 heavy (non-hydrogen) atoms. The van der Waals surface area contributed by atoms with Crippen LogP contribution in [0.2, 0.25) is 0 Å². The van der Waals surface area contributed by atoms with Gasteiger partial charge in [-0.15, -0.1) is 0 Å². The van der Waals surface area contributed by atoms with Crippen molar-refractivity contribution in [3.8, 4) is 0 Å². The third kappa shape index (κ3) is 2.43. The van der Waals surface area contributed by atoms with Crippen molar-refractivity contribution in [1.29, 1.82) is 0 Å². The SMILES string of the molecule is C=Cc1cccc(C)c1NC(=O)c1cnccn1. The summed E-state index contributed by atoms with van der Waals surface area (Å²) in [6.07, 6.45) is 6.15. The number of rotatable bonds is 3. The molecule has 1 heterocycles. The first kappa shape index (κ1) is 12.0. The number of hydrogen-bond donors (Lipinski definition) is 1. The maximum absolute atomic E-state index is 12.0. The Balaban J connectivity index is 2.30. The number of hydrogen-bond acceptors (Lipinski definition) is 3. The summed E-state index contributed by atoms with van der Waals surface area (Å²) in [7, 11) is 0. The van der Waals surface area contributed by atoms with Gasteiger partial charge in [0.2, 0.25) is 0 Å². The molecule has 0 unspecified atom stereocenters. The third-order valence-corrected chi connectivity index (χ3v) is 2.56. The first-order chi connectivity index (χ1) is 8.72. The van der Waals surface area contributed by atoms with E-state index in [0.29, 0.717) is 0 Å². The Morgan fingerprint density at radius 1 is 1.39 bits per heavy atom. The van der Waals surface area contributed by atoms with Crippen molar-refractivity contribution >= 4 is 17.7 Å². The van der Waals surface area contributed by atoms with Gasteiger partial charge in [-0.25, -0.2) is 4.98 Å². The van der Waals surface area contributed by atoms with Crippen molar-refractivity contribution in [2.75, 3.05) is 5.32 Å². The minimum atomic E-state index is -0.277. The van der Waals surface area contributed by atoms with Crippen molar-refractivity contribution in [3.63, 3.8) is 0 Å². The lowest BCUT2D eigenvalue weighted by Gasteiger charge is -2.11. The van der Waals surface area contributed by atoms with E-state index >= 15 is 0 Å². The minimum Gasteiger partial charge on any atom is -0.320 e. The second-order valence-corrected chi connectivity index (χ2v) is 3.79. The van der Waals surface area contributed by atoms with Gasteiger partial charge in [-0.3, -0.25) is 9.78 Å². The number of aromatic nitrogens is 2. The highest BCUT2D eigenvalue weighted by molar-refractivity contribution is 6.04. The van der Waals surface area contributed by atoms with Crippen molar-refractivity contribution < 1.29 is 4.79 Å². The molecule has 1 aromatic heterocycles. The fraction of sp³-hybridized carbons (Fsp3) is 0.0714. The average molecular weight is 239 g/mol. The molecular formula is C14H13N3O. The van der Waals surface area contributed by atoms with E-state index in [2.05, 4.69) is 21.9 Å². The van der Waals surface area contributed by atoms with E-state index in [0.717, 1.165) is 16.8 Å².